The molecule has 1 saturated heterocycles. The maximum atomic E-state index is 9.39. The van der Waals surface area contributed by atoms with Gasteiger partial charge in [-0.1, -0.05) is 0 Å². The first-order chi connectivity index (χ1) is 11.6. The summed E-state index contributed by atoms with van der Waals surface area (Å²) in [6.07, 6.45) is 0. The molecule has 3 rings (SSSR count). The van der Waals surface area contributed by atoms with E-state index in [1.54, 1.807) is 0 Å². The maximum Gasteiger partial charge on any atom is 0.171 e. The van der Waals surface area contributed by atoms with Gasteiger partial charge in [0.25, 0.3) is 0 Å². The summed E-state index contributed by atoms with van der Waals surface area (Å²) >= 11 is 0. The Bertz CT molecular complexity index is 792. The van der Waals surface area contributed by atoms with Crippen LogP contribution in [-0.2, 0) is 4.74 Å². The Hall–Kier alpha value is -2.72. The maximum absolute atomic E-state index is 9.39. The summed E-state index contributed by atoms with van der Waals surface area (Å²) in [5.41, 5.74) is 3.78. The molecule has 7 heteroatoms. The van der Waals surface area contributed by atoms with Gasteiger partial charge >= 0.3 is 0 Å². The van der Waals surface area contributed by atoms with Crippen LogP contribution in [0, 0.1) is 32.1 Å². The van der Waals surface area contributed by atoms with Crippen LogP contribution in [0.15, 0.2) is 12.1 Å². The van der Waals surface area contributed by atoms with Crippen molar-refractivity contribution in [3.8, 4) is 6.07 Å². The van der Waals surface area contributed by atoms with Gasteiger partial charge in [-0.2, -0.15) is 10.4 Å². The molecule has 124 valence electrons. The van der Waals surface area contributed by atoms with Crippen molar-refractivity contribution in [3.05, 3.63) is 34.6 Å². The smallest absolute Gasteiger partial charge is 0.171 e. The van der Waals surface area contributed by atoms with E-state index in [0.717, 1.165) is 54.8 Å². The van der Waals surface area contributed by atoms with Crippen LogP contribution in [0.5, 0.6) is 0 Å². The van der Waals surface area contributed by atoms with Crippen LogP contribution in [-0.4, -0.2) is 41.5 Å². The first-order valence-electron chi connectivity index (χ1n) is 7.91. The number of ether oxygens (including phenoxy) is 1. The Morgan fingerprint density at radius 1 is 1.12 bits per heavy atom. The molecule has 7 nitrogen and oxygen atoms in total. The molecule has 1 N–H and O–H groups in total. The highest BCUT2D eigenvalue weighted by atomic mass is 16.5. The van der Waals surface area contributed by atoms with Crippen molar-refractivity contribution in [2.24, 2.45) is 0 Å². The Morgan fingerprint density at radius 3 is 2.54 bits per heavy atom. The molecule has 1 aliphatic rings. The molecule has 0 atom stereocenters. The highest BCUT2D eigenvalue weighted by Gasteiger charge is 2.15. The molecule has 0 aliphatic carbocycles. The van der Waals surface area contributed by atoms with E-state index in [1.165, 1.54) is 0 Å². The molecule has 0 unspecified atom stereocenters. The third kappa shape index (κ3) is 3.14. The van der Waals surface area contributed by atoms with Crippen LogP contribution in [0.4, 0.5) is 17.3 Å². The second-order valence-corrected chi connectivity index (χ2v) is 5.77. The van der Waals surface area contributed by atoms with Crippen LogP contribution < -0.4 is 10.2 Å². The lowest BCUT2D eigenvalue weighted by atomic mass is 10.1. The minimum atomic E-state index is 0.463. The lowest BCUT2D eigenvalue weighted by molar-refractivity contribution is 0.122. The zero-order valence-corrected chi connectivity index (χ0v) is 14.1. The normalized spacial score (nSPS) is 14.3. The number of rotatable bonds is 3. The number of anilines is 3. The zero-order chi connectivity index (χ0) is 17.1. The number of nitrogens with zero attached hydrogens (tertiary/aromatic N) is 5. The average Bonchev–Trinajstić information content (AvgIpc) is 2.61. The predicted octanol–water partition coefficient (Wildman–Crippen LogP) is 2.25. The fourth-order valence-electron chi connectivity index (χ4n) is 2.61. The predicted molar refractivity (Wildman–Crippen MR) is 91.5 cm³/mol. The van der Waals surface area contributed by atoms with Crippen LogP contribution in [0.25, 0.3) is 0 Å². The van der Waals surface area contributed by atoms with Crippen molar-refractivity contribution in [1.29, 1.82) is 5.26 Å². The van der Waals surface area contributed by atoms with Gasteiger partial charge in [-0.05, 0) is 38.5 Å². The van der Waals surface area contributed by atoms with Crippen LogP contribution in [0.2, 0.25) is 0 Å². The van der Waals surface area contributed by atoms with Crippen LogP contribution >= 0.6 is 0 Å². The Labute approximate surface area is 141 Å². The topological polar surface area (TPSA) is 87.0 Å². The fourth-order valence-corrected chi connectivity index (χ4v) is 2.61. The molecule has 2 aromatic rings. The minimum absolute atomic E-state index is 0.463. The molecule has 24 heavy (non-hydrogen) atoms. The summed E-state index contributed by atoms with van der Waals surface area (Å²) < 4.78 is 5.37. The number of pyridine rings is 1. The number of hydrogen-bond donors (Lipinski definition) is 1. The largest absolute Gasteiger partial charge is 0.378 e. The number of hydrogen-bond acceptors (Lipinski definition) is 7. The summed E-state index contributed by atoms with van der Waals surface area (Å²) in [5.74, 6) is 1.40. The van der Waals surface area contributed by atoms with Gasteiger partial charge in [0.05, 0.1) is 30.3 Å². The van der Waals surface area contributed by atoms with Crippen molar-refractivity contribution >= 4 is 17.3 Å². The number of morpholine rings is 1. The first kappa shape index (κ1) is 16.1. The molecule has 1 aliphatic heterocycles. The molecule has 0 aromatic carbocycles. The third-order valence-corrected chi connectivity index (χ3v) is 4.23. The summed E-state index contributed by atoms with van der Waals surface area (Å²) in [6, 6.07) is 6.14. The molecule has 0 radical (unpaired) electrons. The van der Waals surface area contributed by atoms with Gasteiger partial charge in [0, 0.05) is 13.1 Å². The van der Waals surface area contributed by atoms with Gasteiger partial charge in [-0.25, -0.2) is 4.98 Å². The highest BCUT2D eigenvalue weighted by molar-refractivity contribution is 5.66. The SMILES string of the molecule is Cc1nc(N2CCOCC2)ccc1Nc1nnc(C)c(C)c1C#N. The third-order valence-electron chi connectivity index (χ3n) is 4.23. The van der Waals surface area contributed by atoms with Gasteiger partial charge in [0.1, 0.15) is 17.5 Å². The first-order valence-corrected chi connectivity index (χ1v) is 7.91. The van der Waals surface area contributed by atoms with Crippen molar-refractivity contribution in [2.45, 2.75) is 20.8 Å². The lowest BCUT2D eigenvalue weighted by Gasteiger charge is -2.28. The van der Waals surface area contributed by atoms with Crippen molar-refractivity contribution < 1.29 is 4.74 Å². The molecular formula is C17H20N6O. The summed E-state index contributed by atoms with van der Waals surface area (Å²) in [4.78, 5) is 6.87. The highest BCUT2D eigenvalue weighted by Crippen LogP contribution is 2.25. The Kier molecular flexibility index (Phi) is 4.58. The number of nitriles is 1. The number of aromatic nitrogens is 3. The van der Waals surface area contributed by atoms with E-state index in [4.69, 9.17) is 4.74 Å². The van der Waals surface area contributed by atoms with Crippen molar-refractivity contribution in [3.63, 3.8) is 0 Å². The summed E-state index contributed by atoms with van der Waals surface area (Å²) in [5, 5.41) is 20.8. The van der Waals surface area contributed by atoms with E-state index in [9.17, 15) is 5.26 Å². The summed E-state index contributed by atoms with van der Waals surface area (Å²) in [7, 11) is 0. The van der Waals surface area contributed by atoms with E-state index in [0.29, 0.717) is 11.4 Å². The van der Waals surface area contributed by atoms with E-state index < -0.39 is 0 Å². The minimum Gasteiger partial charge on any atom is -0.378 e. The molecule has 0 bridgehead atoms. The van der Waals surface area contributed by atoms with Crippen molar-refractivity contribution in [1.82, 2.24) is 15.2 Å². The van der Waals surface area contributed by atoms with Gasteiger partial charge in [0.15, 0.2) is 5.82 Å². The van der Waals surface area contributed by atoms with Crippen LogP contribution in [0.3, 0.4) is 0 Å². The Morgan fingerprint density at radius 2 is 1.88 bits per heavy atom. The van der Waals surface area contributed by atoms with Gasteiger partial charge in [0.2, 0.25) is 0 Å². The van der Waals surface area contributed by atoms with Crippen molar-refractivity contribution in [2.75, 3.05) is 36.5 Å². The molecule has 0 amide bonds. The van der Waals surface area contributed by atoms with Gasteiger partial charge in [-0.15, -0.1) is 5.10 Å². The summed E-state index contributed by atoms with van der Waals surface area (Å²) in [6.45, 7) is 8.81. The second-order valence-electron chi connectivity index (χ2n) is 5.77. The second kappa shape index (κ2) is 6.81. The van der Waals surface area contributed by atoms with E-state index in [1.807, 2.05) is 32.9 Å². The van der Waals surface area contributed by atoms with E-state index >= 15 is 0 Å². The lowest BCUT2D eigenvalue weighted by Crippen LogP contribution is -2.36. The van der Waals surface area contributed by atoms with E-state index in [-0.39, 0.29) is 0 Å². The monoisotopic (exact) mass is 324 g/mol. The van der Waals surface area contributed by atoms with Gasteiger partial charge in [-0.3, -0.25) is 0 Å². The number of aryl methyl sites for hydroxylation is 2. The molecule has 0 spiro atoms. The molecule has 1 fully saturated rings. The fraction of sp³-hybridized carbons (Fsp3) is 0.412. The number of nitrogens with one attached hydrogen (secondary N) is 1. The molecule has 3 heterocycles. The average molecular weight is 324 g/mol. The molecular weight excluding hydrogens is 304 g/mol. The standard InChI is InChI=1S/C17H20N6O/c1-11-12(2)21-22-17(14(11)10-18)20-15-4-5-16(19-13(15)3)23-6-8-24-9-7-23/h4-5H,6-9H2,1-3H3,(H,20,22). The molecule has 0 saturated carbocycles. The Balaban J connectivity index is 1.86. The van der Waals surface area contributed by atoms with Gasteiger partial charge < -0.3 is 15.0 Å². The molecule has 2 aromatic heterocycles. The quantitative estimate of drug-likeness (QED) is 0.926. The zero-order valence-electron chi connectivity index (χ0n) is 14.1. The van der Waals surface area contributed by atoms with Crippen LogP contribution in [0.1, 0.15) is 22.5 Å². The van der Waals surface area contributed by atoms with E-state index in [2.05, 4.69) is 31.5 Å².